The standard InChI is InChI=1S/C14H16ClN3O3S/c15-11-4-3-5-12(8-11)18-10-16-17-14(18)22(19,20)9-13-6-1-2-7-21-13/h3-5,8,10,13H,1-2,6-7,9H2/t13-/m0/s1. The summed E-state index contributed by atoms with van der Waals surface area (Å²) in [5.41, 5.74) is 0.612. The van der Waals surface area contributed by atoms with Crippen molar-refractivity contribution in [3.63, 3.8) is 0 Å². The molecule has 1 aromatic heterocycles. The highest BCUT2D eigenvalue weighted by atomic mass is 35.5. The molecule has 0 amide bonds. The van der Waals surface area contributed by atoms with E-state index in [0.29, 0.717) is 17.3 Å². The maximum atomic E-state index is 12.6. The van der Waals surface area contributed by atoms with E-state index in [1.165, 1.54) is 10.9 Å². The molecular weight excluding hydrogens is 326 g/mol. The fraction of sp³-hybridized carbons (Fsp3) is 0.429. The Labute approximate surface area is 134 Å². The molecule has 2 heterocycles. The van der Waals surface area contributed by atoms with Gasteiger partial charge in [0.15, 0.2) is 0 Å². The molecule has 22 heavy (non-hydrogen) atoms. The van der Waals surface area contributed by atoms with Gasteiger partial charge in [0, 0.05) is 11.6 Å². The Hall–Kier alpha value is -1.44. The van der Waals surface area contributed by atoms with Crippen molar-refractivity contribution in [1.82, 2.24) is 14.8 Å². The van der Waals surface area contributed by atoms with E-state index in [0.717, 1.165) is 19.3 Å². The lowest BCUT2D eigenvalue weighted by atomic mass is 10.1. The minimum absolute atomic E-state index is 0.0771. The van der Waals surface area contributed by atoms with E-state index in [4.69, 9.17) is 16.3 Å². The molecule has 3 rings (SSSR count). The summed E-state index contributed by atoms with van der Waals surface area (Å²) in [6.45, 7) is 0.612. The van der Waals surface area contributed by atoms with Gasteiger partial charge >= 0.3 is 0 Å². The zero-order chi connectivity index (χ0) is 15.6. The van der Waals surface area contributed by atoms with E-state index in [-0.39, 0.29) is 17.0 Å². The molecule has 6 nitrogen and oxygen atoms in total. The van der Waals surface area contributed by atoms with Crippen molar-refractivity contribution in [2.75, 3.05) is 12.4 Å². The Morgan fingerprint density at radius 2 is 2.23 bits per heavy atom. The Morgan fingerprint density at radius 1 is 1.36 bits per heavy atom. The smallest absolute Gasteiger partial charge is 0.254 e. The molecule has 1 aliphatic heterocycles. The van der Waals surface area contributed by atoms with E-state index in [2.05, 4.69) is 10.2 Å². The third kappa shape index (κ3) is 3.31. The fourth-order valence-corrected chi connectivity index (χ4v) is 4.21. The second-order valence-corrected chi connectivity index (χ2v) is 7.60. The van der Waals surface area contributed by atoms with Gasteiger partial charge in [0.25, 0.3) is 5.16 Å². The second kappa shape index (κ2) is 6.36. The van der Waals surface area contributed by atoms with E-state index in [1.54, 1.807) is 24.3 Å². The van der Waals surface area contributed by atoms with Crippen LogP contribution >= 0.6 is 11.6 Å². The van der Waals surface area contributed by atoms with Gasteiger partial charge in [0.05, 0.1) is 17.5 Å². The molecule has 0 bridgehead atoms. The van der Waals surface area contributed by atoms with Crippen molar-refractivity contribution in [3.8, 4) is 5.69 Å². The number of sulfone groups is 1. The van der Waals surface area contributed by atoms with Crippen molar-refractivity contribution in [2.24, 2.45) is 0 Å². The quantitative estimate of drug-likeness (QED) is 0.852. The number of nitrogens with zero attached hydrogens (tertiary/aromatic N) is 3. The topological polar surface area (TPSA) is 74.1 Å². The van der Waals surface area contributed by atoms with E-state index < -0.39 is 9.84 Å². The second-order valence-electron chi connectivity index (χ2n) is 5.23. The van der Waals surface area contributed by atoms with Gasteiger partial charge in [0.2, 0.25) is 9.84 Å². The summed E-state index contributed by atoms with van der Waals surface area (Å²) in [6.07, 6.45) is 3.82. The van der Waals surface area contributed by atoms with Crippen molar-refractivity contribution in [2.45, 2.75) is 30.5 Å². The summed E-state index contributed by atoms with van der Waals surface area (Å²) in [6, 6.07) is 6.89. The first-order chi connectivity index (χ1) is 10.6. The predicted molar refractivity (Wildman–Crippen MR) is 82.0 cm³/mol. The highest BCUT2D eigenvalue weighted by Gasteiger charge is 2.28. The zero-order valence-electron chi connectivity index (χ0n) is 11.9. The summed E-state index contributed by atoms with van der Waals surface area (Å²) in [5, 5.41) is 7.96. The van der Waals surface area contributed by atoms with Crippen LogP contribution in [0.2, 0.25) is 5.02 Å². The van der Waals surface area contributed by atoms with Crippen LogP contribution in [-0.4, -0.2) is 41.6 Å². The highest BCUT2D eigenvalue weighted by molar-refractivity contribution is 7.91. The zero-order valence-corrected chi connectivity index (χ0v) is 13.4. The Balaban J connectivity index is 1.90. The molecule has 1 atom stereocenters. The van der Waals surface area contributed by atoms with E-state index in [9.17, 15) is 8.42 Å². The van der Waals surface area contributed by atoms with Crippen molar-refractivity contribution in [3.05, 3.63) is 35.6 Å². The van der Waals surface area contributed by atoms with Crippen LogP contribution in [0.1, 0.15) is 19.3 Å². The van der Waals surface area contributed by atoms with E-state index >= 15 is 0 Å². The summed E-state index contributed by atoms with van der Waals surface area (Å²) in [7, 11) is -3.59. The minimum atomic E-state index is -3.59. The SMILES string of the molecule is O=S(=O)(C[C@@H]1CCCCO1)c1nncn1-c1cccc(Cl)c1. The molecular formula is C14H16ClN3O3S. The lowest BCUT2D eigenvalue weighted by Gasteiger charge is -2.22. The Bertz CT molecular complexity index is 754. The first-order valence-electron chi connectivity index (χ1n) is 7.06. The van der Waals surface area contributed by atoms with Crippen molar-refractivity contribution < 1.29 is 13.2 Å². The van der Waals surface area contributed by atoms with Crippen LogP contribution in [-0.2, 0) is 14.6 Å². The summed E-state index contributed by atoms with van der Waals surface area (Å²) < 4.78 is 32.2. The summed E-state index contributed by atoms with van der Waals surface area (Å²) in [5.74, 6) is -0.0771. The van der Waals surface area contributed by atoms with Gasteiger partial charge in [-0.3, -0.25) is 4.57 Å². The minimum Gasteiger partial charge on any atom is -0.377 e. The number of hydrogen-bond acceptors (Lipinski definition) is 5. The highest BCUT2D eigenvalue weighted by Crippen LogP contribution is 2.21. The lowest BCUT2D eigenvalue weighted by molar-refractivity contribution is 0.0304. The van der Waals surface area contributed by atoms with Gasteiger partial charge in [-0.1, -0.05) is 17.7 Å². The van der Waals surface area contributed by atoms with Gasteiger partial charge in [-0.05, 0) is 37.5 Å². The number of benzene rings is 1. The third-order valence-corrected chi connectivity index (χ3v) is 5.44. The van der Waals surface area contributed by atoms with Crippen LogP contribution in [0, 0.1) is 0 Å². The Kier molecular flexibility index (Phi) is 4.46. The number of aromatic nitrogens is 3. The Morgan fingerprint density at radius 3 is 2.95 bits per heavy atom. The molecule has 1 fully saturated rings. The molecule has 8 heteroatoms. The van der Waals surface area contributed by atoms with Crippen LogP contribution < -0.4 is 0 Å². The average Bonchev–Trinajstić information content (AvgIpc) is 2.98. The molecule has 1 saturated heterocycles. The molecule has 1 aromatic carbocycles. The normalized spacial score (nSPS) is 19.2. The van der Waals surface area contributed by atoms with Crippen molar-refractivity contribution >= 4 is 21.4 Å². The van der Waals surface area contributed by atoms with Crippen LogP contribution in [0.5, 0.6) is 0 Å². The summed E-state index contributed by atoms with van der Waals surface area (Å²) >= 11 is 5.96. The first-order valence-corrected chi connectivity index (χ1v) is 9.09. The van der Waals surface area contributed by atoms with Gasteiger partial charge in [-0.2, -0.15) is 0 Å². The summed E-state index contributed by atoms with van der Waals surface area (Å²) in [4.78, 5) is 0. The molecule has 0 unspecified atom stereocenters. The predicted octanol–water partition coefficient (Wildman–Crippen LogP) is 2.26. The first kappa shape index (κ1) is 15.5. The number of halogens is 1. The van der Waals surface area contributed by atoms with Crippen LogP contribution in [0.3, 0.4) is 0 Å². The number of rotatable bonds is 4. The fourth-order valence-electron chi connectivity index (χ4n) is 2.50. The van der Waals surface area contributed by atoms with Crippen LogP contribution in [0.15, 0.2) is 35.7 Å². The molecule has 1 aliphatic rings. The van der Waals surface area contributed by atoms with Gasteiger partial charge in [0.1, 0.15) is 6.33 Å². The van der Waals surface area contributed by atoms with E-state index in [1.807, 2.05) is 0 Å². The van der Waals surface area contributed by atoms with Gasteiger partial charge in [-0.25, -0.2) is 8.42 Å². The molecule has 0 N–H and O–H groups in total. The molecule has 0 spiro atoms. The largest absolute Gasteiger partial charge is 0.377 e. The molecule has 0 saturated carbocycles. The molecule has 2 aromatic rings. The molecule has 118 valence electrons. The third-order valence-electron chi connectivity index (χ3n) is 3.56. The number of hydrogen-bond donors (Lipinski definition) is 0. The molecule has 0 aliphatic carbocycles. The monoisotopic (exact) mass is 341 g/mol. The molecule has 0 radical (unpaired) electrons. The van der Waals surface area contributed by atoms with Crippen molar-refractivity contribution in [1.29, 1.82) is 0 Å². The average molecular weight is 342 g/mol. The number of ether oxygens (including phenoxy) is 1. The van der Waals surface area contributed by atoms with Gasteiger partial charge in [-0.15, -0.1) is 10.2 Å². The van der Waals surface area contributed by atoms with Crippen LogP contribution in [0.4, 0.5) is 0 Å². The van der Waals surface area contributed by atoms with Gasteiger partial charge < -0.3 is 4.74 Å². The van der Waals surface area contributed by atoms with Crippen LogP contribution in [0.25, 0.3) is 5.69 Å². The maximum Gasteiger partial charge on any atom is 0.254 e. The maximum absolute atomic E-state index is 12.6. The lowest BCUT2D eigenvalue weighted by Crippen LogP contribution is -2.29.